The van der Waals surface area contributed by atoms with E-state index in [1.54, 1.807) is 18.2 Å². The number of nitrogens with two attached hydrogens (primary N) is 1. The Morgan fingerprint density at radius 1 is 1.00 bits per heavy atom. The first-order chi connectivity index (χ1) is 9.22. The van der Waals surface area contributed by atoms with Gasteiger partial charge in [-0.15, -0.1) is 0 Å². The van der Waals surface area contributed by atoms with Crippen molar-refractivity contribution in [2.75, 3.05) is 5.73 Å². The lowest BCUT2D eigenvalue weighted by molar-refractivity contribution is 0.465. The lowest BCUT2D eigenvalue weighted by Gasteiger charge is -2.08. The van der Waals surface area contributed by atoms with Gasteiger partial charge in [-0.2, -0.15) is 0 Å². The molecule has 3 rings (SSSR count). The monoisotopic (exact) mass is 270 g/mol. The van der Waals surface area contributed by atoms with Crippen LogP contribution in [-0.2, 0) is 0 Å². The highest BCUT2D eigenvalue weighted by molar-refractivity contribution is 6.32. The first kappa shape index (κ1) is 11.8. The van der Waals surface area contributed by atoms with Crippen LogP contribution in [0.1, 0.15) is 0 Å². The Balaban J connectivity index is 1.96. The average Bonchev–Trinajstić information content (AvgIpc) is 2.42. The molecular weight excluding hydrogens is 260 g/mol. The molecule has 0 aliphatic carbocycles. The molecule has 3 aromatic rings. The summed E-state index contributed by atoms with van der Waals surface area (Å²) in [6, 6.07) is 16.7. The van der Waals surface area contributed by atoms with Gasteiger partial charge < -0.3 is 10.5 Å². The van der Waals surface area contributed by atoms with E-state index in [1.165, 1.54) is 0 Å². The Hall–Kier alpha value is -2.26. The second-order valence-electron chi connectivity index (χ2n) is 4.13. The number of aromatic nitrogens is 1. The van der Waals surface area contributed by atoms with Crippen LogP contribution in [0.3, 0.4) is 0 Å². The van der Waals surface area contributed by atoms with Crippen LogP contribution in [0, 0.1) is 0 Å². The molecule has 0 atom stereocenters. The first-order valence-corrected chi connectivity index (χ1v) is 6.19. The summed E-state index contributed by atoms with van der Waals surface area (Å²) in [6.45, 7) is 0. The molecule has 0 aliphatic heterocycles. The number of ether oxygens (including phenoxy) is 1. The maximum Gasteiger partial charge on any atom is 0.219 e. The zero-order valence-corrected chi connectivity index (χ0v) is 10.8. The number of rotatable bonds is 2. The number of para-hydroxylation sites is 1. The largest absolute Gasteiger partial charge is 0.437 e. The third-order valence-electron chi connectivity index (χ3n) is 2.74. The van der Waals surface area contributed by atoms with Crippen molar-refractivity contribution >= 4 is 28.2 Å². The summed E-state index contributed by atoms with van der Waals surface area (Å²) >= 11 is 6.06. The van der Waals surface area contributed by atoms with Gasteiger partial charge in [0.2, 0.25) is 5.88 Å². The van der Waals surface area contributed by atoms with Gasteiger partial charge in [-0.3, -0.25) is 0 Å². The molecule has 3 nitrogen and oxygen atoms in total. The van der Waals surface area contributed by atoms with Gasteiger partial charge in [-0.25, -0.2) is 4.98 Å². The minimum atomic E-state index is 0.468. The minimum absolute atomic E-state index is 0.468. The number of nitrogens with zero attached hydrogens (tertiary/aromatic N) is 1. The third-order valence-corrected chi connectivity index (χ3v) is 3.04. The molecule has 0 amide bonds. The Bertz CT molecular complexity index is 743. The fourth-order valence-corrected chi connectivity index (χ4v) is 2.04. The van der Waals surface area contributed by atoms with Crippen LogP contribution in [0.5, 0.6) is 11.6 Å². The van der Waals surface area contributed by atoms with Gasteiger partial charge in [-0.05, 0) is 30.3 Å². The number of hydrogen-bond donors (Lipinski definition) is 1. The fourth-order valence-electron chi connectivity index (χ4n) is 1.82. The molecule has 94 valence electrons. The van der Waals surface area contributed by atoms with Crippen molar-refractivity contribution in [1.29, 1.82) is 0 Å². The Kier molecular flexibility index (Phi) is 2.97. The van der Waals surface area contributed by atoms with Crippen molar-refractivity contribution in [3.8, 4) is 11.6 Å². The Morgan fingerprint density at radius 3 is 2.68 bits per heavy atom. The number of benzene rings is 2. The van der Waals surface area contributed by atoms with E-state index in [1.807, 2.05) is 36.4 Å². The lowest BCUT2D eigenvalue weighted by atomic mass is 10.2. The van der Waals surface area contributed by atoms with Crippen LogP contribution in [0.25, 0.3) is 10.9 Å². The molecule has 0 aliphatic rings. The van der Waals surface area contributed by atoms with Crippen LogP contribution in [-0.4, -0.2) is 4.98 Å². The summed E-state index contributed by atoms with van der Waals surface area (Å²) < 4.78 is 5.67. The number of pyridine rings is 1. The molecule has 0 spiro atoms. The quantitative estimate of drug-likeness (QED) is 0.708. The minimum Gasteiger partial charge on any atom is -0.437 e. The zero-order valence-electron chi connectivity index (χ0n) is 10.0. The normalized spacial score (nSPS) is 10.6. The molecule has 19 heavy (non-hydrogen) atoms. The molecule has 2 N–H and O–H groups in total. The van der Waals surface area contributed by atoms with E-state index >= 15 is 0 Å². The molecule has 1 aromatic heterocycles. The van der Waals surface area contributed by atoms with E-state index in [-0.39, 0.29) is 0 Å². The van der Waals surface area contributed by atoms with Crippen molar-refractivity contribution in [3.63, 3.8) is 0 Å². The van der Waals surface area contributed by atoms with Gasteiger partial charge in [0.15, 0.2) is 0 Å². The Morgan fingerprint density at radius 2 is 1.84 bits per heavy atom. The topological polar surface area (TPSA) is 48.1 Å². The second-order valence-corrected chi connectivity index (χ2v) is 4.54. The molecule has 1 heterocycles. The lowest BCUT2D eigenvalue weighted by Crippen LogP contribution is -1.91. The summed E-state index contributed by atoms with van der Waals surface area (Å²) in [5.41, 5.74) is 7.12. The molecule has 0 saturated heterocycles. The van der Waals surface area contributed by atoms with E-state index in [2.05, 4.69) is 4.98 Å². The summed E-state index contributed by atoms with van der Waals surface area (Å²) in [5.74, 6) is 1.05. The standard InChI is InChI=1S/C15H11ClN2O/c16-12-9-11(17)6-7-14(12)19-15-8-5-10-3-1-2-4-13(10)18-15/h1-9H,17H2. The van der Waals surface area contributed by atoms with Crippen molar-refractivity contribution < 1.29 is 4.74 Å². The molecule has 0 fully saturated rings. The molecule has 0 radical (unpaired) electrons. The molecular formula is C15H11ClN2O. The maximum absolute atomic E-state index is 6.06. The molecule has 2 aromatic carbocycles. The number of anilines is 1. The highest BCUT2D eigenvalue weighted by Crippen LogP contribution is 2.30. The second kappa shape index (κ2) is 4.78. The molecule has 4 heteroatoms. The zero-order chi connectivity index (χ0) is 13.2. The van der Waals surface area contributed by atoms with E-state index in [0.29, 0.717) is 22.3 Å². The smallest absolute Gasteiger partial charge is 0.219 e. The van der Waals surface area contributed by atoms with Crippen molar-refractivity contribution in [1.82, 2.24) is 4.98 Å². The van der Waals surface area contributed by atoms with Gasteiger partial charge in [0.25, 0.3) is 0 Å². The summed E-state index contributed by atoms with van der Waals surface area (Å²) in [4.78, 5) is 4.42. The molecule has 0 bridgehead atoms. The average molecular weight is 271 g/mol. The van der Waals surface area contributed by atoms with E-state index in [4.69, 9.17) is 22.1 Å². The number of halogens is 1. The van der Waals surface area contributed by atoms with Gasteiger partial charge >= 0.3 is 0 Å². The number of nitrogen functional groups attached to an aromatic ring is 1. The predicted octanol–water partition coefficient (Wildman–Crippen LogP) is 4.26. The summed E-state index contributed by atoms with van der Waals surface area (Å²) in [7, 11) is 0. The van der Waals surface area contributed by atoms with Gasteiger partial charge in [0.1, 0.15) is 5.75 Å². The van der Waals surface area contributed by atoms with Crippen LogP contribution in [0.2, 0.25) is 5.02 Å². The van der Waals surface area contributed by atoms with E-state index in [9.17, 15) is 0 Å². The van der Waals surface area contributed by atoms with Crippen molar-refractivity contribution in [2.24, 2.45) is 0 Å². The first-order valence-electron chi connectivity index (χ1n) is 5.81. The van der Waals surface area contributed by atoms with Gasteiger partial charge in [0, 0.05) is 17.1 Å². The molecule has 0 saturated carbocycles. The third kappa shape index (κ3) is 2.46. The predicted molar refractivity (Wildman–Crippen MR) is 77.7 cm³/mol. The van der Waals surface area contributed by atoms with Crippen molar-refractivity contribution in [2.45, 2.75) is 0 Å². The van der Waals surface area contributed by atoms with Crippen LogP contribution in [0.4, 0.5) is 5.69 Å². The van der Waals surface area contributed by atoms with E-state index < -0.39 is 0 Å². The summed E-state index contributed by atoms with van der Waals surface area (Å²) in [6.07, 6.45) is 0. The maximum atomic E-state index is 6.06. The fraction of sp³-hybridized carbons (Fsp3) is 0. The number of fused-ring (bicyclic) bond motifs is 1. The van der Waals surface area contributed by atoms with Crippen LogP contribution < -0.4 is 10.5 Å². The van der Waals surface area contributed by atoms with E-state index in [0.717, 1.165) is 10.9 Å². The van der Waals surface area contributed by atoms with Crippen molar-refractivity contribution in [3.05, 3.63) is 59.6 Å². The van der Waals surface area contributed by atoms with Crippen LogP contribution >= 0.6 is 11.6 Å². The highest BCUT2D eigenvalue weighted by atomic mass is 35.5. The van der Waals surface area contributed by atoms with Gasteiger partial charge in [-0.1, -0.05) is 29.8 Å². The van der Waals surface area contributed by atoms with Gasteiger partial charge in [0.05, 0.1) is 10.5 Å². The Labute approximate surface area is 115 Å². The number of hydrogen-bond acceptors (Lipinski definition) is 3. The summed E-state index contributed by atoms with van der Waals surface area (Å²) in [5, 5.41) is 1.54. The van der Waals surface area contributed by atoms with Crippen LogP contribution in [0.15, 0.2) is 54.6 Å². The molecule has 0 unspecified atom stereocenters. The SMILES string of the molecule is Nc1ccc(Oc2ccc3ccccc3n2)c(Cl)c1. The highest BCUT2D eigenvalue weighted by Gasteiger charge is 2.05.